The maximum Gasteiger partial charge on any atom is 0.416 e. The van der Waals surface area contributed by atoms with Crippen molar-refractivity contribution in [2.75, 3.05) is 11.4 Å². The van der Waals surface area contributed by atoms with Crippen molar-refractivity contribution in [2.45, 2.75) is 46.0 Å². The molecule has 0 unspecified atom stereocenters. The van der Waals surface area contributed by atoms with Crippen molar-refractivity contribution in [1.29, 1.82) is 0 Å². The van der Waals surface area contributed by atoms with Crippen LogP contribution in [0.15, 0.2) is 18.2 Å². The molecular formula is C14H21F3N2. The van der Waals surface area contributed by atoms with Gasteiger partial charge >= 0.3 is 6.18 Å². The van der Waals surface area contributed by atoms with Crippen molar-refractivity contribution < 1.29 is 13.2 Å². The zero-order chi connectivity index (χ0) is 14.6. The molecule has 0 spiro atoms. The Kier molecular flexibility index (Phi) is 5.23. The predicted molar refractivity (Wildman–Crippen MR) is 72.1 cm³/mol. The van der Waals surface area contributed by atoms with Gasteiger partial charge in [-0.1, -0.05) is 6.92 Å². The van der Waals surface area contributed by atoms with E-state index in [1.54, 1.807) is 0 Å². The second-order valence-corrected chi connectivity index (χ2v) is 4.83. The van der Waals surface area contributed by atoms with Crippen LogP contribution in [0.2, 0.25) is 0 Å². The summed E-state index contributed by atoms with van der Waals surface area (Å²) in [5, 5.41) is 0. The molecule has 1 aromatic rings. The first-order valence-corrected chi connectivity index (χ1v) is 6.48. The fraction of sp³-hybridized carbons (Fsp3) is 0.571. The standard InChI is InChI=1S/C14H21F3N2/c1-4-7-19(10(2)3)13-6-5-12(14(15,16)17)8-11(13)9-18/h5-6,8,10H,4,7,9,18H2,1-3H3. The molecule has 0 saturated carbocycles. The molecule has 0 aliphatic rings. The van der Waals surface area contributed by atoms with Crippen LogP contribution in [0.5, 0.6) is 0 Å². The highest BCUT2D eigenvalue weighted by Crippen LogP contribution is 2.33. The summed E-state index contributed by atoms with van der Waals surface area (Å²) in [5.41, 5.74) is 6.30. The molecule has 0 aliphatic heterocycles. The predicted octanol–water partition coefficient (Wildman–Crippen LogP) is 3.79. The van der Waals surface area contributed by atoms with Gasteiger partial charge in [-0.2, -0.15) is 13.2 Å². The third-order valence-corrected chi connectivity index (χ3v) is 3.02. The molecule has 108 valence electrons. The quantitative estimate of drug-likeness (QED) is 0.885. The van der Waals surface area contributed by atoms with Gasteiger partial charge in [0.15, 0.2) is 0 Å². The van der Waals surface area contributed by atoms with Gasteiger partial charge in [-0.25, -0.2) is 0 Å². The summed E-state index contributed by atoms with van der Waals surface area (Å²) >= 11 is 0. The summed E-state index contributed by atoms with van der Waals surface area (Å²) in [4.78, 5) is 2.09. The van der Waals surface area contributed by atoms with Gasteiger partial charge in [0.05, 0.1) is 5.56 Å². The first-order valence-electron chi connectivity index (χ1n) is 6.48. The van der Waals surface area contributed by atoms with Crippen molar-refractivity contribution >= 4 is 5.69 Å². The summed E-state index contributed by atoms with van der Waals surface area (Å²) in [6.07, 6.45) is -3.39. The fourth-order valence-electron chi connectivity index (χ4n) is 2.10. The van der Waals surface area contributed by atoms with Crippen LogP contribution in [0.25, 0.3) is 0 Å². The molecule has 0 bridgehead atoms. The molecule has 0 saturated heterocycles. The first-order chi connectivity index (χ1) is 8.81. The zero-order valence-corrected chi connectivity index (χ0v) is 11.6. The molecule has 19 heavy (non-hydrogen) atoms. The average Bonchev–Trinajstić information content (AvgIpc) is 2.33. The van der Waals surface area contributed by atoms with Gasteiger partial charge in [0, 0.05) is 24.8 Å². The van der Waals surface area contributed by atoms with Crippen molar-refractivity contribution in [3.8, 4) is 0 Å². The minimum absolute atomic E-state index is 0.103. The maximum absolute atomic E-state index is 12.7. The maximum atomic E-state index is 12.7. The Hall–Kier alpha value is -1.23. The van der Waals surface area contributed by atoms with E-state index < -0.39 is 11.7 Å². The van der Waals surface area contributed by atoms with Gasteiger partial charge in [0.1, 0.15) is 0 Å². The second kappa shape index (κ2) is 6.28. The van der Waals surface area contributed by atoms with E-state index in [0.29, 0.717) is 5.56 Å². The number of nitrogens with two attached hydrogens (primary N) is 1. The van der Waals surface area contributed by atoms with Crippen LogP contribution in [-0.2, 0) is 12.7 Å². The Morgan fingerprint density at radius 1 is 1.26 bits per heavy atom. The van der Waals surface area contributed by atoms with E-state index in [4.69, 9.17) is 5.73 Å². The van der Waals surface area contributed by atoms with E-state index in [9.17, 15) is 13.2 Å². The Morgan fingerprint density at radius 2 is 1.89 bits per heavy atom. The van der Waals surface area contributed by atoms with E-state index in [0.717, 1.165) is 30.8 Å². The molecule has 0 heterocycles. The molecule has 0 atom stereocenters. The van der Waals surface area contributed by atoms with Gasteiger partial charge in [0.25, 0.3) is 0 Å². The summed E-state index contributed by atoms with van der Waals surface area (Å²) in [7, 11) is 0. The lowest BCUT2D eigenvalue weighted by molar-refractivity contribution is -0.137. The molecule has 0 aliphatic carbocycles. The summed E-state index contributed by atoms with van der Waals surface area (Å²) < 4.78 is 38.1. The molecule has 2 N–H and O–H groups in total. The highest BCUT2D eigenvalue weighted by molar-refractivity contribution is 5.56. The van der Waals surface area contributed by atoms with E-state index in [1.165, 1.54) is 6.07 Å². The highest BCUT2D eigenvalue weighted by Gasteiger charge is 2.31. The lowest BCUT2D eigenvalue weighted by Crippen LogP contribution is -2.32. The molecule has 0 fully saturated rings. The fourth-order valence-corrected chi connectivity index (χ4v) is 2.10. The van der Waals surface area contributed by atoms with Crippen LogP contribution in [0.4, 0.5) is 18.9 Å². The third-order valence-electron chi connectivity index (χ3n) is 3.02. The molecule has 0 aromatic heterocycles. The molecule has 5 heteroatoms. The van der Waals surface area contributed by atoms with Gasteiger partial charge in [-0.15, -0.1) is 0 Å². The molecule has 1 aromatic carbocycles. The van der Waals surface area contributed by atoms with Crippen molar-refractivity contribution in [3.05, 3.63) is 29.3 Å². The molecule has 1 rings (SSSR count). The topological polar surface area (TPSA) is 29.3 Å². The van der Waals surface area contributed by atoms with Crippen LogP contribution < -0.4 is 10.6 Å². The number of benzene rings is 1. The van der Waals surface area contributed by atoms with Crippen LogP contribution in [-0.4, -0.2) is 12.6 Å². The SMILES string of the molecule is CCCN(c1ccc(C(F)(F)F)cc1CN)C(C)C. The highest BCUT2D eigenvalue weighted by atomic mass is 19.4. The van der Waals surface area contributed by atoms with E-state index in [2.05, 4.69) is 4.90 Å². The normalized spacial score (nSPS) is 12.0. The summed E-state index contributed by atoms with van der Waals surface area (Å²) in [6, 6.07) is 4.03. The zero-order valence-electron chi connectivity index (χ0n) is 11.6. The number of nitrogens with zero attached hydrogens (tertiary/aromatic N) is 1. The number of alkyl halides is 3. The van der Waals surface area contributed by atoms with E-state index in [1.807, 2.05) is 20.8 Å². The monoisotopic (exact) mass is 274 g/mol. The lowest BCUT2D eigenvalue weighted by atomic mass is 10.1. The number of hydrogen-bond donors (Lipinski definition) is 1. The van der Waals surface area contributed by atoms with Gasteiger partial charge < -0.3 is 10.6 Å². The Balaban J connectivity index is 3.21. The number of halogens is 3. The first kappa shape index (κ1) is 15.8. The Morgan fingerprint density at radius 3 is 2.32 bits per heavy atom. The van der Waals surface area contributed by atoms with Gasteiger partial charge in [0.2, 0.25) is 0 Å². The summed E-state index contributed by atoms with van der Waals surface area (Å²) in [5.74, 6) is 0. The molecule has 2 nitrogen and oxygen atoms in total. The van der Waals surface area contributed by atoms with Crippen molar-refractivity contribution in [3.63, 3.8) is 0 Å². The Bertz CT molecular complexity index is 414. The third kappa shape index (κ3) is 3.86. The molecule has 0 amide bonds. The number of hydrogen-bond acceptors (Lipinski definition) is 2. The van der Waals surface area contributed by atoms with Crippen molar-refractivity contribution in [1.82, 2.24) is 0 Å². The Labute approximate surface area is 112 Å². The van der Waals surface area contributed by atoms with Crippen molar-refractivity contribution in [2.24, 2.45) is 5.73 Å². The largest absolute Gasteiger partial charge is 0.416 e. The number of anilines is 1. The lowest BCUT2D eigenvalue weighted by Gasteiger charge is -2.31. The minimum atomic E-state index is -4.32. The van der Waals surface area contributed by atoms with Crippen LogP contribution in [0.3, 0.4) is 0 Å². The van der Waals surface area contributed by atoms with Gasteiger partial charge in [-0.05, 0) is 44.0 Å². The van der Waals surface area contributed by atoms with Gasteiger partial charge in [-0.3, -0.25) is 0 Å². The second-order valence-electron chi connectivity index (χ2n) is 4.83. The summed E-state index contributed by atoms with van der Waals surface area (Å²) in [6.45, 7) is 6.99. The minimum Gasteiger partial charge on any atom is -0.369 e. The average molecular weight is 274 g/mol. The van der Waals surface area contributed by atoms with E-state index in [-0.39, 0.29) is 12.6 Å². The molecule has 0 radical (unpaired) electrons. The van der Waals surface area contributed by atoms with Crippen LogP contribution >= 0.6 is 0 Å². The van der Waals surface area contributed by atoms with Crippen LogP contribution in [0, 0.1) is 0 Å². The van der Waals surface area contributed by atoms with Crippen LogP contribution in [0.1, 0.15) is 38.3 Å². The van der Waals surface area contributed by atoms with E-state index >= 15 is 0 Å². The number of rotatable bonds is 5. The smallest absolute Gasteiger partial charge is 0.369 e. The molecular weight excluding hydrogens is 253 g/mol.